The zero-order valence-electron chi connectivity index (χ0n) is 7.68. The second-order valence-electron chi connectivity index (χ2n) is 2.88. The summed E-state index contributed by atoms with van der Waals surface area (Å²) in [4.78, 5) is 21.1. The number of phenols is 3. The maximum Gasteiger partial charge on any atom is 0.343 e. The van der Waals surface area contributed by atoms with E-state index in [9.17, 15) is 24.9 Å². The average molecular weight is 212 g/mol. The van der Waals surface area contributed by atoms with Crippen molar-refractivity contribution in [3.8, 4) is 17.2 Å². The Hall–Kier alpha value is -2.24. The van der Waals surface area contributed by atoms with Gasteiger partial charge in [0, 0.05) is 5.56 Å². The average Bonchev–Trinajstić information content (AvgIpc) is 2.15. The van der Waals surface area contributed by atoms with E-state index in [1.165, 1.54) is 6.92 Å². The van der Waals surface area contributed by atoms with Gasteiger partial charge in [0.15, 0.2) is 6.29 Å². The Morgan fingerprint density at radius 2 is 1.67 bits per heavy atom. The van der Waals surface area contributed by atoms with Gasteiger partial charge in [-0.2, -0.15) is 0 Å². The largest absolute Gasteiger partial charge is 0.507 e. The van der Waals surface area contributed by atoms with Crippen LogP contribution in [0.2, 0.25) is 0 Å². The molecule has 15 heavy (non-hydrogen) atoms. The third-order valence-electron chi connectivity index (χ3n) is 2.03. The second-order valence-corrected chi connectivity index (χ2v) is 2.88. The Morgan fingerprint density at radius 1 is 1.13 bits per heavy atom. The second kappa shape index (κ2) is 3.49. The molecule has 1 aromatic rings. The molecule has 1 rings (SSSR count). The van der Waals surface area contributed by atoms with Crippen molar-refractivity contribution in [1.82, 2.24) is 0 Å². The Kier molecular flexibility index (Phi) is 2.52. The minimum Gasteiger partial charge on any atom is -0.507 e. The van der Waals surface area contributed by atoms with Crippen molar-refractivity contribution >= 4 is 12.3 Å². The molecule has 0 spiro atoms. The summed E-state index contributed by atoms with van der Waals surface area (Å²) in [6.45, 7) is 1.23. The molecule has 6 heteroatoms. The predicted molar refractivity (Wildman–Crippen MR) is 48.5 cm³/mol. The van der Waals surface area contributed by atoms with Crippen LogP contribution in [-0.2, 0) is 0 Å². The van der Waals surface area contributed by atoms with Crippen molar-refractivity contribution in [2.24, 2.45) is 0 Å². The van der Waals surface area contributed by atoms with Crippen molar-refractivity contribution in [2.45, 2.75) is 6.92 Å². The topological polar surface area (TPSA) is 115 Å². The van der Waals surface area contributed by atoms with Crippen LogP contribution in [0, 0.1) is 6.92 Å². The van der Waals surface area contributed by atoms with Gasteiger partial charge >= 0.3 is 5.97 Å². The lowest BCUT2D eigenvalue weighted by molar-refractivity contribution is 0.0690. The molecule has 80 valence electrons. The standard InChI is InChI=1S/C9H8O6/c1-3-6(11)4(2-10)8(13)5(7(3)12)9(14)15/h2,11-13H,1H3,(H,14,15). The Labute approximate surface area is 84.0 Å². The van der Waals surface area contributed by atoms with Gasteiger partial charge in [-0.15, -0.1) is 0 Å². The van der Waals surface area contributed by atoms with Crippen LogP contribution in [0.15, 0.2) is 0 Å². The van der Waals surface area contributed by atoms with Crippen molar-refractivity contribution < 1.29 is 30.0 Å². The fraction of sp³-hybridized carbons (Fsp3) is 0.111. The fourth-order valence-electron chi connectivity index (χ4n) is 1.17. The van der Waals surface area contributed by atoms with Crippen molar-refractivity contribution in [3.05, 3.63) is 16.7 Å². The van der Waals surface area contributed by atoms with Crippen LogP contribution in [0.3, 0.4) is 0 Å². The molecule has 0 amide bonds. The molecule has 1 aromatic carbocycles. The number of carboxylic acids is 1. The number of benzene rings is 1. The molecule has 0 atom stereocenters. The highest BCUT2D eigenvalue weighted by Gasteiger charge is 2.25. The zero-order valence-corrected chi connectivity index (χ0v) is 7.68. The number of rotatable bonds is 2. The summed E-state index contributed by atoms with van der Waals surface area (Å²) in [6, 6.07) is 0. The van der Waals surface area contributed by atoms with Crippen LogP contribution in [0.5, 0.6) is 17.2 Å². The van der Waals surface area contributed by atoms with Crippen LogP contribution in [-0.4, -0.2) is 32.7 Å². The third kappa shape index (κ3) is 1.45. The molecule has 0 aliphatic carbocycles. The number of carbonyl (C=O) groups is 2. The van der Waals surface area contributed by atoms with Crippen LogP contribution in [0.25, 0.3) is 0 Å². The molecular formula is C9H8O6. The van der Waals surface area contributed by atoms with E-state index in [1.54, 1.807) is 0 Å². The van der Waals surface area contributed by atoms with Gasteiger partial charge in [0.05, 0.1) is 5.56 Å². The molecule has 4 N–H and O–H groups in total. The van der Waals surface area contributed by atoms with E-state index in [0.717, 1.165) is 0 Å². The molecule has 0 heterocycles. The Morgan fingerprint density at radius 3 is 2.07 bits per heavy atom. The number of carbonyl (C=O) groups excluding carboxylic acids is 1. The van der Waals surface area contributed by atoms with Crippen molar-refractivity contribution in [3.63, 3.8) is 0 Å². The van der Waals surface area contributed by atoms with Crippen LogP contribution < -0.4 is 0 Å². The maximum atomic E-state index is 10.7. The van der Waals surface area contributed by atoms with E-state index in [4.69, 9.17) is 5.11 Å². The van der Waals surface area contributed by atoms with Gasteiger partial charge < -0.3 is 20.4 Å². The summed E-state index contributed by atoms with van der Waals surface area (Å²) in [7, 11) is 0. The summed E-state index contributed by atoms with van der Waals surface area (Å²) in [5.41, 5.74) is -1.53. The van der Waals surface area contributed by atoms with Gasteiger partial charge in [0.25, 0.3) is 0 Å². The summed E-state index contributed by atoms with van der Waals surface area (Å²) < 4.78 is 0. The lowest BCUT2D eigenvalue weighted by Gasteiger charge is -2.10. The van der Waals surface area contributed by atoms with Gasteiger partial charge in [-0.05, 0) is 6.92 Å². The number of phenolic OH excluding ortho intramolecular Hbond substituents is 1. The normalized spacial score (nSPS) is 9.93. The quantitative estimate of drug-likeness (QED) is 0.534. The minimum atomic E-state index is -1.59. The first-order valence-corrected chi connectivity index (χ1v) is 3.87. The minimum absolute atomic E-state index is 0.115. The van der Waals surface area contributed by atoms with Crippen LogP contribution in [0.1, 0.15) is 26.3 Å². The smallest absolute Gasteiger partial charge is 0.343 e. The number of aromatic carboxylic acids is 1. The highest BCUT2D eigenvalue weighted by atomic mass is 16.4. The summed E-state index contributed by atoms with van der Waals surface area (Å²) in [5.74, 6) is -3.93. The molecule has 0 radical (unpaired) electrons. The first-order valence-electron chi connectivity index (χ1n) is 3.87. The van der Waals surface area contributed by atoms with Crippen molar-refractivity contribution in [2.75, 3.05) is 0 Å². The number of aromatic hydroxyl groups is 3. The van der Waals surface area contributed by atoms with E-state index in [-0.39, 0.29) is 11.8 Å². The SMILES string of the molecule is Cc1c(O)c(C=O)c(O)c(C(=O)O)c1O. The number of aldehydes is 1. The van der Waals surface area contributed by atoms with E-state index < -0.39 is 34.3 Å². The highest BCUT2D eigenvalue weighted by molar-refractivity contribution is 6.00. The molecular weight excluding hydrogens is 204 g/mol. The van der Waals surface area contributed by atoms with Gasteiger partial charge in [-0.3, -0.25) is 4.79 Å². The number of carboxylic acid groups (broad SMARTS) is 1. The third-order valence-corrected chi connectivity index (χ3v) is 2.03. The van der Waals surface area contributed by atoms with Gasteiger partial charge in [0.2, 0.25) is 0 Å². The molecule has 0 aliphatic rings. The van der Waals surface area contributed by atoms with Crippen LogP contribution in [0.4, 0.5) is 0 Å². The highest BCUT2D eigenvalue weighted by Crippen LogP contribution is 2.40. The molecule has 0 bridgehead atoms. The summed E-state index contributed by atoms with van der Waals surface area (Å²) in [5, 5.41) is 36.6. The Bertz CT molecular complexity index is 449. The molecule has 0 saturated carbocycles. The lowest BCUT2D eigenvalue weighted by atomic mass is 10.0. The first kappa shape index (κ1) is 10.8. The van der Waals surface area contributed by atoms with Crippen LogP contribution >= 0.6 is 0 Å². The van der Waals surface area contributed by atoms with E-state index in [1.807, 2.05) is 0 Å². The molecule has 0 unspecified atom stereocenters. The summed E-state index contributed by atoms with van der Waals surface area (Å²) >= 11 is 0. The Balaban J connectivity index is 3.75. The molecule has 0 aromatic heterocycles. The maximum absolute atomic E-state index is 10.7. The van der Waals surface area contributed by atoms with E-state index in [0.29, 0.717) is 0 Å². The van der Waals surface area contributed by atoms with Crippen molar-refractivity contribution in [1.29, 1.82) is 0 Å². The lowest BCUT2D eigenvalue weighted by Crippen LogP contribution is -2.02. The predicted octanol–water partition coefficient (Wildman–Crippen LogP) is 0.623. The molecule has 0 aliphatic heterocycles. The fourth-order valence-corrected chi connectivity index (χ4v) is 1.17. The monoisotopic (exact) mass is 212 g/mol. The van der Waals surface area contributed by atoms with Gasteiger partial charge in [-0.25, -0.2) is 4.79 Å². The van der Waals surface area contributed by atoms with E-state index >= 15 is 0 Å². The zero-order chi connectivity index (χ0) is 11.7. The molecule has 6 nitrogen and oxygen atoms in total. The van der Waals surface area contributed by atoms with Gasteiger partial charge in [-0.1, -0.05) is 0 Å². The van der Waals surface area contributed by atoms with Gasteiger partial charge in [0.1, 0.15) is 22.8 Å². The van der Waals surface area contributed by atoms with E-state index in [2.05, 4.69) is 0 Å². The number of hydrogen-bond acceptors (Lipinski definition) is 5. The first-order chi connectivity index (χ1) is 6.91. The molecule has 0 saturated heterocycles. The molecule has 0 fully saturated rings. The summed E-state index contributed by atoms with van der Waals surface area (Å²) in [6.07, 6.45) is 0.115. The number of hydrogen-bond donors (Lipinski definition) is 4.